The lowest BCUT2D eigenvalue weighted by Crippen LogP contribution is -2.65. The van der Waals surface area contributed by atoms with Gasteiger partial charge in [0.15, 0.2) is 4.98 Å². The number of hydrogen-bond acceptors (Lipinski definition) is 4. The lowest BCUT2D eigenvalue weighted by Gasteiger charge is -2.55. The number of aryl methyl sites for hydroxylation is 1. The van der Waals surface area contributed by atoms with Gasteiger partial charge in [0.2, 0.25) is 11.3 Å². The number of amides is 1. The standard InChI is InChI=1S/C23H20N3O.C2HF3O2/c1-16-8-10-17(11-9-16)21-23(2,18-12-14-19(25-24)15-13-18)22(27)26(21)20-6-4-3-5-7-20;3-2(4,5)1(6)7/h3-15,21H,1-2H3;(H,6,7)/q+1;/p-1/t21-,23-;/m1./s1. The van der Waals surface area contributed by atoms with Crippen molar-refractivity contribution < 1.29 is 27.9 Å². The first-order valence-corrected chi connectivity index (χ1v) is 10.2. The molecule has 0 unspecified atom stereocenters. The number of carboxylic acids is 1. The summed E-state index contributed by atoms with van der Waals surface area (Å²) < 4.78 is 31.5. The molecule has 0 N–H and O–H groups in total. The minimum atomic E-state index is -5.19. The molecule has 0 radical (unpaired) electrons. The van der Waals surface area contributed by atoms with Crippen LogP contribution in [0.3, 0.4) is 0 Å². The Kier molecular flexibility index (Phi) is 6.73. The SMILES string of the molecule is Cc1ccc([C@H]2N(c3ccccc3)C(=O)[C@]2(C)c2ccc([N+]#N)cc2)cc1.O=C([O-])C(F)(F)F. The summed E-state index contributed by atoms with van der Waals surface area (Å²) in [6.45, 7) is 4.05. The van der Waals surface area contributed by atoms with Gasteiger partial charge in [-0.25, -0.2) is 0 Å². The molecule has 1 aliphatic rings. The van der Waals surface area contributed by atoms with Crippen LogP contribution in [0, 0.1) is 12.3 Å². The average Bonchev–Trinajstić information content (AvgIpc) is 2.83. The lowest BCUT2D eigenvalue weighted by atomic mass is 9.64. The zero-order valence-corrected chi connectivity index (χ0v) is 18.3. The fraction of sp³-hybridized carbons (Fsp3) is 0.200. The average molecular weight is 467 g/mol. The summed E-state index contributed by atoms with van der Waals surface area (Å²) in [5.74, 6) is -2.94. The summed E-state index contributed by atoms with van der Waals surface area (Å²) in [4.78, 5) is 27.2. The van der Waals surface area contributed by atoms with E-state index in [9.17, 15) is 18.0 Å². The van der Waals surface area contributed by atoms with Crippen molar-refractivity contribution in [2.75, 3.05) is 4.90 Å². The summed E-state index contributed by atoms with van der Waals surface area (Å²) in [7, 11) is 0. The molecule has 4 rings (SSSR count). The van der Waals surface area contributed by atoms with E-state index in [1.165, 1.54) is 5.56 Å². The number of aliphatic carboxylic acids is 1. The van der Waals surface area contributed by atoms with Crippen molar-refractivity contribution in [2.45, 2.75) is 31.5 Å². The number of rotatable bonds is 3. The van der Waals surface area contributed by atoms with Crippen molar-refractivity contribution in [3.8, 4) is 0 Å². The summed E-state index contributed by atoms with van der Waals surface area (Å²) >= 11 is 0. The van der Waals surface area contributed by atoms with Gasteiger partial charge in [0.1, 0.15) is 5.97 Å². The van der Waals surface area contributed by atoms with Gasteiger partial charge in [-0.15, -0.1) is 0 Å². The van der Waals surface area contributed by atoms with Crippen LogP contribution in [0.25, 0.3) is 4.98 Å². The van der Waals surface area contributed by atoms with Crippen LogP contribution in [-0.2, 0) is 15.0 Å². The summed E-state index contributed by atoms with van der Waals surface area (Å²) in [5.41, 5.74) is 3.89. The van der Waals surface area contributed by atoms with Crippen molar-refractivity contribution in [2.24, 2.45) is 0 Å². The Bertz CT molecular complexity index is 1220. The first-order valence-electron chi connectivity index (χ1n) is 10.2. The Morgan fingerprint density at radius 1 is 1.00 bits per heavy atom. The number of anilines is 1. The van der Waals surface area contributed by atoms with Gasteiger partial charge in [-0.1, -0.05) is 48.0 Å². The van der Waals surface area contributed by atoms with Crippen LogP contribution in [-0.4, -0.2) is 18.1 Å². The highest BCUT2D eigenvalue weighted by Gasteiger charge is 2.59. The van der Waals surface area contributed by atoms with Gasteiger partial charge in [-0.2, -0.15) is 13.2 Å². The maximum absolute atomic E-state index is 13.3. The molecule has 2 atom stereocenters. The second-order valence-corrected chi connectivity index (χ2v) is 7.96. The minimum absolute atomic E-state index is 0.0629. The van der Waals surface area contributed by atoms with Crippen molar-refractivity contribution in [3.63, 3.8) is 0 Å². The van der Waals surface area contributed by atoms with Crippen LogP contribution >= 0.6 is 0 Å². The molecule has 34 heavy (non-hydrogen) atoms. The molecule has 9 heteroatoms. The molecule has 0 aliphatic carbocycles. The van der Waals surface area contributed by atoms with Gasteiger partial charge in [-0.3, -0.25) is 4.79 Å². The number of carbonyl (C=O) groups excluding carboxylic acids is 2. The molecular formula is C25H20F3N3O3. The largest absolute Gasteiger partial charge is 0.542 e. The Balaban J connectivity index is 0.000000406. The van der Waals surface area contributed by atoms with E-state index in [0.29, 0.717) is 5.69 Å². The van der Waals surface area contributed by atoms with Crippen molar-refractivity contribution in [1.82, 2.24) is 0 Å². The smallest absolute Gasteiger partial charge is 0.430 e. The fourth-order valence-electron chi connectivity index (χ4n) is 3.92. The summed E-state index contributed by atoms with van der Waals surface area (Å²) in [6, 6.07) is 25.2. The van der Waals surface area contributed by atoms with E-state index in [0.717, 1.165) is 16.8 Å². The van der Waals surface area contributed by atoms with Gasteiger partial charge in [0.25, 0.3) is 0 Å². The van der Waals surface area contributed by atoms with Crippen LogP contribution in [0.15, 0.2) is 78.9 Å². The van der Waals surface area contributed by atoms with Crippen LogP contribution < -0.4 is 10.0 Å². The number of halogens is 3. The summed E-state index contributed by atoms with van der Waals surface area (Å²) in [5, 5.41) is 17.7. The number of hydrogen-bond donors (Lipinski definition) is 0. The zero-order chi connectivity index (χ0) is 25.1. The van der Waals surface area contributed by atoms with Crippen LogP contribution in [0.2, 0.25) is 0 Å². The van der Waals surface area contributed by atoms with Crippen molar-refractivity contribution in [1.29, 1.82) is 5.39 Å². The van der Waals surface area contributed by atoms with Gasteiger partial charge >= 0.3 is 11.9 Å². The summed E-state index contributed by atoms with van der Waals surface area (Å²) in [6.07, 6.45) is -5.19. The quantitative estimate of drug-likeness (QED) is 0.408. The number of carboxylic acid groups (broad SMARTS) is 1. The molecule has 1 heterocycles. The second-order valence-electron chi connectivity index (χ2n) is 7.96. The lowest BCUT2D eigenvalue weighted by molar-refractivity contribution is -0.344. The number of nitrogens with zero attached hydrogens (tertiary/aromatic N) is 3. The van der Waals surface area contributed by atoms with Crippen LogP contribution in [0.5, 0.6) is 0 Å². The molecule has 0 saturated carbocycles. The third-order valence-corrected chi connectivity index (χ3v) is 5.71. The minimum Gasteiger partial charge on any atom is -0.542 e. The molecule has 1 amide bonds. The monoisotopic (exact) mass is 467 g/mol. The Hall–Kier alpha value is -4.19. The Morgan fingerprint density at radius 3 is 2.00 bits per heavy atom. The number of diazo groups is 1. The molecule has 1 fully saturated rings. The normalized spacial score (nSPS) is 19.4. The van der Waals surface area contributed by atoms with E-state index in [1.807, 2.05) is 54.3 Å². The molecule has 0 aromatic heterocycles. The number of β-lactam (4-membered cyclic amide) rings is 1. The van der Waals surface area contributed by atoms with E-state index in [1.54, 1.807) is 12.1 Å². The van der Waals surface area contributed by atoms with E-state index in [4.69, 9.17) is 15.3 Å². The third-order valence-electron chi connectivity index (χ3n) is 5.71. The Labute approximate surface area is 193 Å². The molecular weight excluding hydrogens is 447 g/mol. The van der Waals surface area contributed by atoms with Gasteiger partial charge in [-0.05, 0) is 49.2 Å². The highest BCUT2D eigenvalue weighted by Crippen LogP contribution is 2.53. The fourth-order valence-corrected chi connectivity index (χ4v) is 3.92. The number of benzene rings is 3. The first-order chi connectivity index (χ1) is 16.0. The molecule has 0 spiro atoms. The highest BCUT2D eigenvalue weighted by molar-refractivity contribution is 6.09. The number of alkyl halides is 3. The maximum Gasteiger partial charge on any atom is 0.430 e. The van der Waals surface area contributed by atoms with Crippen LogP contribution in [0.4, 0.5) is 24.5 Å². The van der Waals surface area contributed by atoms with Crippen molar-refractivity contribution >= 4 is 23.3 Å². The highest BCUT2D eigenvalue weighted by atomic mass is 19.4. The number of para-hydroxylation sites is 1. The second kappa shape index (κ2) is 9.35. The van der Waals surface area contributed by atoms with E-state index in [2.05, 4.69) is 36.2 Å². The molecule has 174 valence electrons. The number of carbonyl (C=O) groups is 2. The van der Waals surface area contributed by atoms with Gasteiger partial charge < -0.3 is 14.8 Å². The van der Waals surface area contributed by atoms with E-state index >= 15 is 0 Å². The predicted molar refractivity (Wildman–Crippen MR) is 117 cm³/mol. The molecule has 6 nitrogen and oxygen atoms in total. The topological polar surface area (TPSA) is 88.6 Å². The van der Waals surface area contributed by atoms with Gasteiger partial charge in [0, 0.05) is 17.8 Å². The molecule has 3 aromatic rings. The van der Waals surface area contributed by atoms with Gasteiger partial charge in [0.05, 0.1) is 11.5 Å². The molecule has 1 saturated heterocycles. The van der Waals surface area contributed by atoms with Crippen molar-refractivity contribution in [3.05, 3.63) is 101 Å². The van der Waals surface area contributed by atoms with Crippen LogP contribution in [0.1, 0.15) is 29.7 Å². The third kappa shape index (κ3) is 4.62. The Morgan fingerprint density at radius 2 is 1.53 bits per heavy atom. The molecule has 0 bridgehead atoms. The van der Waals surface area contributed by atoms with E-state index in [-0.39, 0.29) is 11.9 Å². The maximum atomic E-state index is 13.3. The zero-order valence-electron chi connectivity index (χ0n) is 18.3. The predicted octanol–water partition coefficient (Wildman–Crippen LogP) is 4.82. The molecule has 1 aliphatic heterocycles. The van der Waals surface area contributed by atoms with E-state index < -0.39 is 17.6 Å². The first kappa shape index (κ1) is 24.5. The molecule has 3 aromatic carbocycles.